The molecule has 0 aliphatic carbocycles. The molecule has 0 aromatic heterocycles. The molecule has 5 nitrogen and oxygen atoms in total. The zero-order valence-corrected chi connectivity index (χ0v) is 14.4. The molecule has 0 bridgehead atoms. The molecule has 0 spiro atoms. The fraction of sp³-hybridized carbons (Fsp3) is 0.263. The Balaban J connectivity index is 2.01. The second kappa shape index (κ2) is 7.64. The molecule has 0 saturated carbocycles. The van der Waals surface area contributed by atoms with Gasteiger partial charge >= 0.3 is 0 Å². The van der Waals surface area contributed by atoms with Gasteiger partial charge in [-0.2, -0.15) is 0 Å². The molecule has 0 atom stereocenters. The Kier molecular flexibility index (Phi) is 5.58. The van der Waals surface area contributed by atoms with E-state index >= 15 is 0 Å². The number of aryl methyl sites for hydroxylation is 2. The lowest BCUT2D eigenvalue weighted by atomic mass is 10.1. The van der Waals surface area contributed by atoms with Gasteiger partial charge in [0.25, 0.3) is 5.91 Å². The third-order valence-electron chi connectivity index (χ3n) is 3.61. The summed E-state index contributed by atoms with van der Waals surface area (Å²) in [6.45, 7) is 7.16. The smallest absolute Gasteiger partial charge is 0.262 e. The molecule has 0 aliphatic heterocycles. The Morgan fingerprint density at radius 2 is 1.67 bits per heavy atom. The molecule has 0 aliphatic rings. The van der Waals surface area contributed by atoms with Crippen molar-refractivity contribution < 1.29 is 14.3 Å². The van der Waals surface area contributed by atoms with Crippen molar-refractivity contribution >= 4 is 23.2 Å². The number of hydrogen-bond donors (Lipinski definition) is 2. The monoisotopic (exact) mass is 326 g/mol. The van der Waals surface area contributed by atoms with Gasteiger partial charge in [0, 0.05) is 18.3 Å². The van der Waals surface area contributed by atoms with Crippen LogP contribution >= 0.6 is 0 Å². The predicted molar refractivity (Wildman–Crippen MR) is 95.5 cm³/mol. The van der Waals surface area contributed by atoms with E-state index < -0.39 is 0 Å². The average molecular weight is 326 g/mol. The first kappa shape index (κ1) is 17.5. The molecule has 2 aromatic carbocycles. The summed E-state index contributed by atoms with van der Waals surface area (Å²) >= 11 is 0. The number of amides is 2. The van der Waals surface area contributed by atoms with Crippen LogP contribution in [0.4, 0.5) is 11.4 Å². The third kappa shape index (κ3) is 4.59. The Morgan fingerprint density at radius 3 is 2.29 bits per heavy atom. The van der Waals surface area contributed by atoms with E-state index in [1.807, 2.05) is 39.0 Å². The zero-order valence-electron chi connectivity index (χ0n) is 14.4. The van der Waals surface area contributed by atoms with Crippen LogP contribution in [0.1, 0.15) is 23.6 Å². The number of carbonyl (C=O) groups is 2. The summed E-state index contributed by atoms with van der Waals surface area (Å²) < 4.78 is 5.58. The Labute approximate surface area is 142 Å². The SMILES string of the molecule is CC(=O)Nc1cccc(NC(=O)COc2ccc(C)cc2C)c1C. The normalized spacial score (nSPS) is 10.2. The van der Waals surface area contributed by atoms with Crippen molar-refractivity contribution in [2.24, 2.45) is 0 Å². The minimum Gasteiger partial charge on any atom is -0.483 e. The van der Waals surface area contributed by atoms with Crippen molar-refractivity contribution in [3.8, 4) is 5.75 Å². The topological polar surface area (TPSA) is 67.4 Å². The van der Waals surface area contributed by atoms with Crippen molar-refractivity contribution in [2.45, 2.75) is 27.7 Å². The molecule has 2 rings (SSSR count). The highest BCUT2D eigenvalue weighted by molar-refractivity contribution is 5.95. The first-order valence-corrected chi connectivity index (χ1v) is 7.74. The van der Waals surface area contributed by atoms with Crippen LogP contribution < -0.4 is 15.4 Å². The molecule has 2 N–H and O–H groups in total. The highest BCUT2D eigenvalue weighted by Gasteiger charge is 2.10. The van der Waals surface area contributed by atoms with E-state index in [1.54, 1.807) is 18.2 Å². The van der Waals surface area contributed by atoms with Crippen LogP contribution in [0.15, 0.2) is 36.4 Å². The zero-order chi connectivity index (χ0) is 17.7. The van der Waals surface area contributed by atoms with Crippen molar-refractivity contribution in [2.75, 3.05) is 17.2 Å². The van der Waals surface area contributed by atoms with Crippen LogP contribution in [-0.4, -0.2) is 18.4 Å². The maximum atomic E-state index is 12.1. The number of hydrogen-bond acceptors (Lipinski definition) is 3. The number of carbonyl (C=O) groups excluding carboxylic acids is 2. The summed E-state index contributed by atoms with van der Waals surface area (Å²) in [6.07, 6.45) is 0. The maximum Gasteiger partial charge on any atom is 0.262 e. The number of benzene rings is 2. The van der Waals surface area contributed by atoms with E-state index in [1.165, 1.54) is 6.92 Å². The maximum absolute atomic E-state index is 12.1. The lowest BCUT2D eigenvalue weighted by Crippen LogP contribution is -2.21. The van der Waals surface area contributed by atoms with Crippen molar-refractivity contribution in [3.63, 3.8) is 0 Å². The number of ether oxygens (including phenoxy) is 1. The van der Waals surface area contributed by atoms with Gasteiger partial charge in [-0.25, -0.2) is 0 Å². The molecule has 2 aromatic rings. The molecule has 2 amide bonds. The molecule has 0 radical (unpaired) electrons. The fourth-order valence-electron chi connectivity index (χ4n) is 2.39. The van der Waals surface area contributed by atoms with Gasteiger partial charge in [0.05, 0.1) is 0 Å². The number of nitrogens with one attached hydrogen (secondary N) is 2. The Bertz CT molecular complexity index is 769. The third-order valence-corrected chi connectivity index (χ3v) is 3.61. The molecule has 24 heavy (non-hydrogen) atoms. The quantitative estimate of drug-likeness (QED) is 0.882. The van der Waals surface area contributed by atoms with E-state index in [4.69, 9.17) is 4.74 Å². The van der Waals surface area contributed by atoms with Gasteiger partial charge in [0.2, 0.25) is 5.91 Å². The molecule has 0 saturated heterocycles. The molecular formula is C19H22N2O3. The Morgan fingerprint density at radius 1 is 1.00 bits per heavy atom. The van der Waals surface area contributed by atoms with Crippen LogP contribution in [0.5, 0.6) is 5.75 Å². The predicted octanol–water partition coefficient (Wildman–Crippen LogP) is 3.59. The number of anilines is 2. The van der Waals surface area contributed by atoms with Gasteiger partial charge < -0.3 is 15.4 Å². The fourth-order valence-corrected chi connectivity index (χ4v) is 2.39. The van der Waals surface area contributed by atoms with Crippen molar-refractivity contribution in [1.29, 1.82) is 0 Å². The van der Waals surface area contributed by atoms with Crippen LogP contribution in [0.25, 0.3) is 0 Å². The second-order valence-corrected chi connectivity index (χ2v) is 5.77. The molecule has 5 heteroatoms. The number of rotatable bonds is 5. The highest BCUT2D eigenvalue weighted by Crippen LogP contribution is 2.23. The summed E-state index contributed by atoms with van der Waals surface area (Å²) in [5, 5.41) is 5.55. The van der Waals surface area contributed by atoms with Gasteiger partial charge in [-0.05, 0) is 50.1 Å². The average Bonchev–Trinajstić information content (AvgIpc) is 2.50. The van der Waals surface area contributed by atoms with Crippen molar-refractivity contribution in [1.82, 2.24) is 0 Å². The molecule has 0 fully saturated rings. The van der Waals surface area contributed by atoms with Gasteiger partial charge in [-0.15, -0.1) is 0 Å². The molecule has 126 valence electrons. The molecule has 0 unspecified atom stereocenters. The van der Waals surface area contributed by atoms with Gasteiger partial charge in [0.15, 0.2) is 6.61 Å². The van der Waals surface area contributed by atoms with E-state index in [0.717, 1.165) is 16.7 Å². The standard InChI is InChI=1S/C19H22N2O3/c1-12-8-9-18(13(2)10-12)24-11-19(23)21-17-7-5-6-16(14(17)3)20-15(4)22/h5-10H,11H2,1-4H3,(H,20,22)(H,21,23). The van der Waals surface area contributed by atoms with Gasteiger partial charge in [-0.1, -0.05) is 23.8 Å². The van der Waals surface area contributed by atoms with E-state index in [0.29, 0.717) is 17.1 Å². The Hall–Kier alpha value is -2.82. The molecular weight excluding hydrogens is 304 g/mol. The summed E-state index contributed by atoms with van der Waals surface area (Å²) in [5.41, 5.74) is 4.26. The summed E-state index contributed by atoms with van der Waals surface area (Å²) in [4.78, 5) is 23.3. The first-order valence-electron chi connectivity index (χ1n) is 7.74. The van der Waals surface area contributed by atoms with Crippen LogP contribution in [0, 0.1) is 20.8 Å². The second-order valence-electron chi connectivity index (χ2n) is 5.77. The van der Waals surface area contributed by atoms with Gasteiger partial charge in [-0.3, -0.25) is 9.59 Å². The van der Waals surface area contributed by atoms with Gasteiger partial charge in [0.1, 0.15) is 5.75 Å². The van der Waals surface area contributed by atoms with E-state index in [-0.39, 0.29) is 18.4 Å². The summed E-state index contributed by atoms with van der Waals surface area (Å²) in [7, 11) is 0. The minimum atomic E-state index is -0.252. The lowest BCUT2D eigenvalue weighted by Gasteiger charge is -2.14. The van der Waals surface area contributed by atoms with E-state index in [2.05, 4.69) is 10.6 Å². The molecule has 0 heterocycles. The van der Waals surface area contributed by atoms with Crippen LogP contribution in [0.2, 0.25) is 0 Å². The highest BCUT2D eigenvalue weighted by atomic mass is 16.5. The largest absolute Gasteiger partial charge is 0.483 e. The van der Waals surface area contributed by atoms with E-state index in [9.17, 15) is 9.59 Å². The lowest BCUT2D eigenvalue weighted by molar-refractivity contribution is -0.118. The van der Waals surface area contributed by atoms with Crippen LogP contribution in [-0.2, 0) is 9.59 Å². The first-order chi connectivity index (χ1) is 11.4. The minimum absolute atomic E-state index is 0.0757. The summed E-state index contributed by atoms with van der Waals surface area (Å²) in [6, 6.07) is 11.2. The van der Waals surface area contributed by atoms with Crippen LogP contribution in [0.3, 0.4) is 0 Å². The summed E-state index contributed by atoms with van der Waals surface area (Å²) in [5.74, 6) is 0.289. The van der Waals surface area contributed by atoms with Crippen molar-refractivity contribution in [3.05, 3.63) is 53.1 Å².